The number of fused-ring (bicyclic) bond motifs is 1. The second kappa shape index (κ2) is 6.54. The number of benzene rings is 2. The standard InChI is InChI=1S/C20H22N2O2/c1-14-6-8-17-15(11-14)5-4-10-20(17,23-3)13-24-19-9-7-16(22-2)12-18(19)21/h6-9,11-12H,4-5,10,13,21H2,1,3H3/t20-/m0/s1. The molecule has 1 aliphatic carbocycles. The summed E-state index contributed by atoms with van der Waals surface area (Å²) >= 11 is 0. The molecule has 0 saturated heterocycles. The summed E-state index contributed by atoms with van der Waals surface area (Å²) in [6.07, 6.45) is 3.06. The first-order chi connectivity index (χ1) is 11.6. The van der Waals surface area contributed by atoms with Crippen LogP contribution in [0.5, 0.6) is 5.75 Å². The molecule has 4 nitrogen and oxygen atoms in total. The summed E-state index contributed by atoms with van der Waals surface area (Å²) in [5, 5.41) is 0. The van der Waals surface area contributed by atoms with Crippen molar-refractivity contribution in [3.63, 3.8) is 0 Å². The maximum Gasteiger partial charge on any atom is 0.189 e. The van der Waals surface area contributed by atoms with Gasteiger partial charge in [-0.05, 0) is 49.4 Å². The molecular formula is C20H22N2O2. The summed E-state index contributed by atoms with van der Waals surface area (Å²) in [6, 6.07) is 11.6. The largest absolute Gasteiger partial charge is 0.488 e. The number of ether oxygens (including phenoxy) is 2. The lowest BCUT2D eigenvalue weighted by Crippen LogP contribution is -2.39. The molecule has 24 heavy (non-hydrogen) atoms. The van der Waals surface area contributed by atoms with E-state index in [9.17, 15) is 0 Å². The normalized spacial score (nSPS) is 19.4. The molecule has 1 aliphatic rings. The van der Waals surface area contributed by atoms with Crippen molar-refractivity contribution in [1.82, 2.24) is 0 Å². The van der Waals surface area contributed by atoms with E-state index >= 15 is 0 Å². The minimum atomic E-state index is -0.452. The quantitative estimate of drug-likeness (QED) is 0.671. The second-order valence-electron chi connectivity index (χ2n) is 6.34. The molecule has 0 aliphatic heterocycles. The second-order valence-corrected chi connectivity index (χ2v) is 6.34. The Balaban J connectivity index is 1.87. The summed E-state index contributed by atoms with van der Waals surface area (Å²) in [4.78, 5) is 3.38. The van der Waals surface area contributed by atoms with E-state index in [0.29, 0.717) is 23.7 Å². The van der Waals surface area contributed by atoms with Gasteiger partial charge in [-0.2, -0.15) is 0 Å². The fourth-order valence-corrected chi connectivity index (χ4v) is 3.42. The van der Waals surface area contributed by atoms with Crippen molar-refractivity contribution in [1.29, 1.82) is 0 Å². The predicted molar refractivity (Wildman–Crippen MR) is 95.4 cm³/mol. The van der Waals surface area contributed by atoms with Crippen LogP contribution >= 0.6 is 0 Å². The fourth-order valence-electron chi connectivity index (χ4n) is 3.42. The topological polar surface area (TPSA) is 48.8 Å². The summed E-state index contributed by atoms with van der Waals surface area (Å²) in [5.41, 5.74) is 10.4. The van der Waals surface area contributed by atoms with Gasteiger partial charge in [0, 0.05) is 7.11 Å². The number of nitrogen functional groups attached to an aromatic ring is 1. The first-order valence-corrected chi connectivity index (χ1v) is 8.13. The number of nitrogens with zero attached hydrogens (tertiary/aromatic N) is 1. The number of nitrogens with two attached hydrogens (primary N) is 1. The summed E-state index contributed by atoms with van der Waals surface area (Å²) in [6.45, 7) is 9.56. The maximum atomic E-state index is 7.04. The first kappa shape index (κ1) is 16.4. The van der Waals surface area contributed by atoms with Crippen molar-refractivity contribution in [2.45, 2.75) is 31.8 Å². The van der Waals surface area contributed by atoms with Gasteiger partial charge >= 0.3 is 0 Å². The highest BCUT2D eigenvalue weighted by Crippen LogP contribution is 2.39. The predicted octanol–water partition coefficient (Wildman–Crippen LogP) is 4.39. The highest BCUT2D eigenvalue weighted by molar-refractivity contribution is 5.62. The average Bonchev–Trinajstić information content (AvgIpc) is 2.60. The van der Waals surface area contributed by atoms with E-state index in [1.54, 1.807) is 25.3 Å². The SMILES string of the molecule is [C-]#[N+]c1ccc(OC[C@@]2(OC)CCCc3cc(C)ccc32)c(N)c1. The van der Waals surface area contributed by atoms with E-state index in [2.05, 4.69) is 30.0 Å². The average molecular weight is 322 g/mol. The van der Waals surface area contributed by atoms with Gasteiger partial charge in [0.15, 0.2) is 5.69 Å². The van der Waals surface area contributed by atoms with Crippen LogP contribution in [0.2, 0.25) is 0 Å². The van der Waals surface area contributed by atoms with Crippen molar-refractivity contribution in [3.8, 4) is 5.75 Å². The molecule has 3 rings (SSSR count). The van der Waals surface area contributed by atoms with Gasteiger partial charge in [0.05, 0.1) is 12.3 Å². The molecule has 1 atom stereocenters. The monoisotopic (exact) mass is 322 g/mol. The lowest BCUT2D eigenvalue weighted by Gasteiger charge is -2.38. The Hall–Kier alpha value is -2.51. The first-order valence-electron chi connectivity index (χ1n) is 8.13. The Bertz CT molecular complexity index is 795. The molecule has 0 fully saturated rings. The van der Waals surface area contributed by atoms with Crippen LogP contribution in [0.4, 0.5) is 11.4 Å². The van der Waals surface area contributed by atoms with Gasteiger partial charge < -0.3 is 15.2 Å². The maximum absolute atomic E-state index is 7.04. The van der Waals surface area contributed by atoms with Crippen LogP contribution in [0.1, 0.15) is 29.5 Å². The number of rotatable bonds is 4. The molecule has 0 saturated carbocycles. The Kier molecular flexibility index (Phi) is 4.46. The van der Waals surface area contributed by atoms with E-state index in [-0.39, 0.29) is 0 Å². The van der Waals surface area contributed by atoms with Crippen molar-refractivity contribution < 1.29 is 9.47 Å². The Labute approximate surface area is 143 Å². The Morgan fingerprint density at radius 1 is 1.25 bits per heavy atom. The van der Waals surface area contributed by atoms with Crippen LogP contribution in [0.25, 0.3) is 4.85 Å². The molecule has 0 spiro atoms. The highest BCUT2D eigenvalue weighted by atomic mass is 16.5. The number of hydrogen-bond acceptors (Lipinski definition) is 3. The zero-order valence-electron chi connectivity index (χ0n) is 14.1. The molecule has 0 heterocycles. The third-order valence-electron chi connectivity index (χ3n) is 4.75. The molecule has 124 valence electrons. The molecule has 0 radical (unpaired) electrons. The van der Waals surface area contributed by atoms with Gasteiger partial charge in [0.2, 0.25) is 0 Å². The molecule has 2 N–H and O–H groups in total. The zero-order chi connectivity index (χ0) is 17.2. The molecule has 0 amide bonds. The zero-order valence-corrected chi connectivity index (χ0v) is 14.1. The minimum absolute atomic E-state index is 0.404. The van der Waals surface area contributed by atoms with Gasteiger partial charge in [0.1, 0.15) is 18.0 Å². The fraction of sp³-hybridized carbons (Fsp3) is 0.350. The van der Waals surface area contributed by atoms with E-state index < -0.39 is 5.60 Å². The lowest BCUT2D eigenvalue weighted by molar-refractivity contribution is -0.0615. The van der Waals surface area contributed by atoms with Crippen molar-refractivity contribution >= 4 is 11.4 Å². The van der Waals surface area contributed by atoms with Gasteiger partial charge in [-0.25, -0.2) is 4.85 Å². The van der Waals surface area contributed by atoms with Crippen molar-refractivity contribution in [3.05, 3.63) is 64.5 Å². The molecule has 4 heteroatoms. The third kappa shape index (κ3) is 2.95. The summed E-state index contributed by atoms with van der Waals surface area (Å²) in [7, 11) is 1.74. The smallest absolute Gasteiger partial charge is 0.189 e. The number of anilines is 1. The molecule has 2 aromatic rings. The Morgan fingerprint density at radius 3 is 2.79 bits per heavy atom. The lowest BCUT2D eigenvalue weighted by atomic mass is 9.79. The van der Waals surface area contributed by atoms with Crippen LogP contribution in [0, 0.1) is 13.5 Å². The molecule has 0 aromatic heterocycles. The summed E-state index contributed by atoms with van der Waals surface area (Å²) in [5.74, 6) is 0.595. The number of hydrogen-bond donors (Lipinski definition) is 1. The van der Waals surface area contributed by atoms with Gasteiger partial charge in [-0.15, -0.1) is 0 Å². The Morgan fingerprint density at radius 2 is 2.08 bits per heavy atom. The molecule has 0 bridgehead atoms. The van der Waals surface area contributed by atoms with Gasteiger partial charge in [0.25, 0.3) is 0 Å². The van der Waals surface area contributed by atoms with E-state index in [0.717, 1.165) is 19.3 Å². The summed E-state index contributed by atoms with van der Waals surface area (Å²) < 4.78 is 11.9. The van der Waals surface area contributed by atoms with Gasteiger partial charge in [-0.1, -0.05) is 29.8 Å². The van der Waals surface area contributed by atoms with E-state index in [4.69, 9.17) is 21.8 Å². The van der Waals surface area contributed by atoms with Gasteiger partial charge in [-0.3, -0.25) is 0 Å². The highest BCUT2D eigenvalue weighted by Gasteiger charge is 2.37. The number of aryl methyl sites for hydroxylation is 2. The molecule has 2 aromatic carbocycles. The molecule has 0 unspecified atom stereocenters. The van der Waals surface area contributed by atoms with E-state index in [1.165, 1.54) is 16.7 Å². The van der Waals surface area contributed by atoms with Crippen molar-refractivity contribution in [2.24, 2.45) is 0 Å². The van der Waals surface area contributed by atoms with Crippen molar-refractivity contribution in [2.75, 3.05) is 19.5 Å². The third-order valence-corrected chi connectivity index (χ3v) is 4.75. The number of methoxy groups -OCH3 is 1. The van der Waals surface area contributed by atoms with Crippen LogP contribution < -0.4 is 10.5 Å². The van der Waals surface area contributed by atoms with E-state index in [1.807, 2.05) is 0 Å². The minimum Gasteiger partial charge on any atom is -0.488 e. The molecular weight excluding hydrogens is 300 g/mol. The van der Waals surface area contributed by atoms with Crippen LogP contribution in [0.15, 0.2) is 36.4 Å². The van der Waals surface area contributed by atoms with Crippen LogP contribution in [-0.2, 0) is 16.8 Å². The van der Waals surface area contributed by atoms with Crippen LogP contribution in [0.3, 0.4) is 0 Å². The van der Waals surface area contributed by atoms with Crippen LogP contribution in [-0.4, -0.2) is 13.7 Å².